The number of carbonyl (C=O) groups excluding carboxylic acids is 1. The van der Waals surface area contributed by atoms with Gasteiger partial charge in [0.2, 0.25) is 5.91 Å². The van der Waals surface area contributed by atoms with E-state index < -0.39 is 4.92 Å². The smallest absolute Gasteiger partial charge is 0.271 e. The lowest BCUT2D eigenvalue weighted by Gasteiger charge is -2.36. The van der Waals surface area contributed by atoms with E-state index in [1.165, 1.54) is 18.6 Å². The second-order valence-corrected chi connectivity index (χ2v) is 5.62. The van der Waals surface area contributed by atoms with Crippen LogP contribution in [0.2, 0.25) is 0 Å². The number of nitro groups is 1. The van der Waals surface area contributed by atoms with Crippen LogP contribution in [0.25, 0.3) is 0 Å². The van der Waals surface area contributed by atoms with Gasteiger partial charge in [0, 0.05) is 29.8 Å². The molecule has 6 heteroatoms. The molecular formula is C15H21N3O3. The summed E-state index contributed by atoms with van der Waals surface area (Å²) in [5.74, 6) is -0.105. The number of hydrogen-bond acceptors (Lipinski definition) is 4. The number of nitro benzene ring substituents is 1. The van der Waals surface area contributed by atoms with Gasteiger partial charge in [0.05, 0.1) is 4.92 Å². The van der Waals surface area contributed by atoms with Crippen LogP contribution in [-0.4, -0.2) is 23.4 Å². The molecular weight excluding hydrogens is 270 g/mol. The molecule has 1 fully saturated rings. The van der Waals surface area contributed by atoms with Gasteiger partial charge in [-0.2, -0.15) is 0 Å². The van der Waals surface area contributed by atoms with Crippen molar-refractivity contribution >= 4 is 17.3 Å². The van der Waals surface area contributed by atoms with Crippen molar-refractivity contribution in [3.8, 4) is 0 Å². The zero-order chi connectivity index (χ0) is 15.3. The average molecular weight is 291 g/mol. The fourth-order valence-corrected chi connectivity index (χ4v) is 2.95. The lowest BCUT2D eigenvalue weighted by molar-refractivity contribution is -0.384. The Morgan fingerprint density at radius 2 is 2.05 bits per heavy atom. The number of carbonyl (C=O) groups is 1. The van der Waals surface area contributed by atoms with Crippen molar-refractivity contribution in [2.75, 3.05) is 12.4 Å². The Morgan fingerprint density at radius 3 is 2.67 bits per heavy atom. The van der Waals surface area contributed by atoms with Crippen LogP contribution in [0.4, 0.5) is 11.4 Å². The van der Waals surface area contributed by atoms with E-state index in [-0.39, 0.29) is 17.1 Å². The van der Waals surface area contributed by atoms with Gasteiger partial charge in [0.1, 0.15) is 0 Å². The molecule has 1 aliphatic carbocycles. The van der Waals surface area contributed by atoms with Gasteiger partial charge in [-0.25, -0.2) is 0 Å². The first kappa shape index (κ1) is 15.4. The first-order chi connectivity index (χ1) is 10.0. The molecule has 1 aliphatic rings. The summed E-state index contributed by atoms with van der Waals surface area (Å²) in [6, 6.07) is 6.02. The van der Waals surface area contributed by atoms with Crippen molar-refractivity contribution in [2.24, 2.45) is 0 Å². The summed E-state index contributed by atoms with van der Waals surface area (Å²) in [5, 5.41) is 16.8. The summed E-state index contributed by atoms with van der Waals surface area (Å²) in [6.07, 6.45) is 5.86. The predicted octanol–water partition coefficient (Wildman–Crippen LogP) is 2.85. The van der Waals surface area contributed by atoms with E-state index in [2.05, 4.69) is 10.6 Å². The maximum absolute atomic E-state index is 12.2. The fourth-order valence-electron chi connectivity index (χ4n) is 2.95. The predicted molar refractivity (Wildman–Crippen MR) is 81.2 cm³/mol. The molecule has 0 atom stereocenters. The monoisotopic (exact) mass is 291 g/mol. The van der Waals surface area contributed by atoms with Gasteiger partial charge in [0.25, 0.3) is 5.69 Å². The van der Waals surface area contributed by atoms with Gasteiger partial charge in [-0.05, 0) is 26.0 Å². The number of rotatable bonds is 5. The fraction of sp³-hybridized carbons (Fsp3) is 0.533. The maximum atomic E-state index is 12.2. The first-order valence-electron chi connectivity index (χ1n) is 7.28. The highest BCUT2D eigenvalue weighted by Gasteiger charge is 2.32. The van der Waals surface area contributed by atoms with Crippen molar-refractivity contribution in [1.82, 2.24) is 5.32 Å². The highest BCUT2D eigenvalue weighted by molar-refractivity contribution is 5.91. The molecule has 0 radical (unpaired) electrons. The summed E-state index contributed by atoms with van der Waals surface area (Å²) in [5.41, 5.74) is 0.313. The zero-order valence-corrected chi connectivity index (χ0v) is 12.2. The number of non-ortho nitro benzene ring substituents is 1. The minimum atomic E-state index is -0.466. The van der Waals surface area contributed by atoms with Crippen molar-refractivity contribution in [1.29, 1.82) is 0 Å². The molecule has 0 spiro atoms. The summed E-state index contributed by atoms with van der Waals surface area (Å²) >= 11 is 0. The van der Waals surface area contributed by atoms with Crippen molar-refractivity contribution in [3.63, 3.8) is 0 Å². The Balaban J connectivity index is 2.00. The van der Waals surface area contributed by atoms with E-state index in [1.807, 2.05) is 7.05 Å². The summed E-state index contributed by atoms with van der Waals surface area (Å²) in [4.78, 5) is 22.5. The molecule has 0 heterocycles. The normalized spacial score (nSPS) is 17.2. The average Bonchev–Trinajstić information content (AvgIpc) is 2.48. The van der Waals surface area contributed by atoms with Gasteiger partial charge in [-0.15, -0.1) is 0 Å². The van der Waals surface area contributed by atoms with Crippen LogP contribution >= 0.6 is 0 Å². The molecule has 2 N–H and O–H groups in total. The molecule has 114 valence electrons. The number of nitrogens with zero attached hydrogens (tertiary/aromatic N) is 1. The molecule has 1 aromatic carbocycles. The summed E-state index contributed by atoms with van der Waals surface area (Å²) in [7, 11) is 1.89. The van der Waals surface area contributed by atoms with E-state index in [4.69, 9.17) is 0 Å². The van der Waals surface area contributed by atoms with E-state index in [0.717, 1.165) is 25.7 Å². The third-order valence-corrected chi connectivity index (χ3v) is 4.18. The number of anilines is 1. The maximum Gasteiger partial charge on any atom is 0.271 e. The van der Waals surface area contributed by atoms with E-state index in [0.29, 0.717) is 12.1 Å². The van der Waals surface area contributed by atoms with Crippen molar-refractivity contribution in [3.05, 3.63) is 34.4 Å². The lowest BCUT2D eigenvalue weighted by Crippen LogP contribution is -2.47. The minimum absolute atomic E-state index is 0.0196. The molecule has 1 amide bonds. The van der Waals surface area contributed by atoms with Gasteiger partial charge in [0.15, 0.2) is 0 Å². The Labute approximate surface area is 124 Å². The summed E-state index contributed by atoms with van der Waals surface area (Å²) in [6.45, 7) is 0. The quantitative estimate of drug-likeness (QED) is 0.645. The second kappa shape index (κ2) is 6.67. The molecule has 1 aromatic rings. The van der Waals surface area contributed by atoms with E-state index in [1.54, 1.807) is 12.1 Å². The molecule has 21 heavy (non-hydrogen) atoms. The second-order valence-electron chi connectivity index (χ2n) is 5.62. The highest BCUT2D eigenvalue weighted by atomic mass is 16.6. The molecule has 0 aromatic heterocycles. The number of benzene rings is 1. The topological polar surface area (TPSA) is 84.3 Å². The molecule has 0 aliphatic heterocycles. The lowest BCUT2D eigenvalue weighted by atomic mass is 9.79. The first-order valence-corrected chi connectivity index (χ1v) is 7.28. The van der Waals surface area contributed by atoms with E-state index >= 15 is 0 Å². The van der Waals surface area contributed by atoms with Crippen LogP contribution < -0.4 is 10.6 Å². The van der Waals surface area contributed by atoms with Gasteiger partial charge in [-0.1, -0.05) is 25.3 Å². The molecule has 1 saturated carbocycles. The van der Waals surface area contributed by atoms with Crippen LogP contribution in [0.3, 0.4) is 0 Å². The molecule has 0 saturated heterocycles. The van der Waals surface area contributed by atoms with Gasteiger partial charge < -0.3 is 10.6 Å². The largest absolute Gasteiger partial charge is 0.326 e. The van der Waals surface area contributed by atoms with Crippen LogP contribution in [0.15, 0.2) is 24.3 Å². The van der Waals surface area contributed by atoms with E-state index in [9.17, 15) is 14.9 Å². The van der Waals surface area contributed by atoms with Gasteiger partial charge in [-0.3, -0.25) is 14.9 Å². The van der Waals surface area contributed by atoms with Gasteiger partial charge >= 0.3 is 0 Å². The van der Waals surface area contributed by atoms with Crippen LogP contribution in [-0.2, 0) is 4.79 Å². The molecule has 2 rings (SSSR count). The van der Waals surface area contributed by atoms with Crippen LogP contribution in [0.5, 0.6) is 0 Å². The van der Waals surface area contributed by atoms with Crippen LogP contribution in [0, 0.1) is 10.1 Å². The third kappa shape index (κ3) is 4.01. The highest BCUT2D eigenvalue weighted by Crippen LogP contribution is 2.31. The Morgan fingerprint density at radius 1 is 1.33 bits per heavy atom. The Hall–Kier alpha value is -1.95. The molecule has 0 bridgehead atoms. The number of nitrogens with one attached hydrogen (secondary N) is 2. The van der Waals surface area contributed by atoms with Crippen molar-refractivity contribution < 1.29 is 9.72 Å². The minimum Gasteiger partial charge on any atom is -0.326 e. The standard InChI is InChI=1S/C15H21N3O3/c1-16-15(8-3-2-4-9-15)11-14(19)17-12-6-5-7-13(10-12)18(20)21/h5-7,10,16H,2-4,8-9,11H2,1H3,(H,17,19). The van der Waals surface area contributed by atoms with Crippen molar-refractivity contribution in [2.45, 2.75) is 44.1 Å². The Bertz CT molecular complexity index is 525. The number of amides is 1. The molecule has 0 unspecified atom stereocenters. The SMILES string of the molecule is CNC1(CC(=O)Nc2cccc([N+](=O)[O-])c2)CCCCC1. The summed E-state index contributed by atoms with van der Waals surface area (Å²) < 4.78 is 0. The van der Waals surface area contributed by atoms with Crippen LogP contribution in [0.1, 0.15) is 38.5 Å². The molecule has 6 nitrogen and oxygen atoms in total. The third-order valence-electron chi connectivity index (χ3n) is 4.18. The number of hydrogen-bond donors (Lipinski definition) is 2. The Kier molecular flexibility index (Phi) is 4.90. The zero-order valence-electron chi connectivity index (χ0n) is 12.2.